The van der Waals surface area contributed by atoms with Gasteiger partial charge in [0.05, 0.1) is 22.7 Å². The van der Waals surface area contributed by atoms with E-state index in [1.165, 1.54) is 0 Å². The van der Waals surface area contributed by atoms with Gasteiger partial charge in [-0.05, 0) is 39.5 Å². The van der Waals surface area contributed by atoms with E-state index in [4.69, 9.17) is 4.42 Å². The first-order valence-electron chi connectivity index (χ1n) is 7.31. The lowest BCUT2D eigenvalue weighted by atomic mass is 10.1. The van der Waals surface area contributed by atoms with Crippen molar-refractivity contribution >= 4 is 27.3 Å². The van der Waals surface area contributed by atoms with Gasteiger partial charge in [0.15, 0.2) is 10.5 Å². The largest absolute Gasteiger partial charge is 0.453 e. The Hall–Kier alpha value is -1.70. The molecule has 0 amide bonds. The van der Waals surface area contributed by atoms with E-state index < -0.39 is 0 Å². The first kappa shape index (κ1) is 14.9. The number of nitrogens with zero attached hydrogens (tertiary/aromatic N) is 2. The van der Waals surface area contributed by atoms with Crippen LogP contribution in [-0.2, 0) is 19.5 Å². The standard InChI is InChI=1S/C16H14BrN3O2S/c17-14-4-3-10(22-14)8-20-6-5-12-11(9-20)16(21)19-15(18-12)13-2-1-7-23-13/h1-4,7H,5-6,8-9H2,(H,18,19,21). The molecular formula is C16H14BrN3O2S. The lowest BCUT2D eigenvalue weighted by molar-refractivity contribution is 0.221. The van der Waals surface area contributed by atoms with Gasteiger partial charge in [0.2, 0.25) is 0 Å². The summed E-state index contributed by atoms with van der Waals surface area (Å²) in [4.78, 5) is 23.2. The molecule has 0 aliphatic carbocycles. The molecule has 23 heavy (non-hydrogen) atoms. The van der Waals surface area contributed by atoms with Gasteiger partial charge >= 0.3 is 0 Å². The third-order valence-corrected chi connectivity index (χ3v) is 5.21. The van der Waals surface area contributed by atoms with Gasteiger partial charge in [-0.2, -0.15) is 0 Å². The predicted octanol–water partition coefficient (Wildman–Crippen LogP) is 3.41. The Morgan fingerprint density at radius 3 is 3.04 bits per heavy atom. The maximum Gasteiger partial charge on any atom is 0.255 e. The number of aromatic amines is 1. The highest BCUT2D eigenvalue weighted by Crippen LogP contribution is 2.23. The van der Waals surface area contributed by atoms with E-state index in [0.29, 0.717) is 18.9 Å². The lowest BCUT2D eigenvalue weighted by Crippen LogP contribution is -2.35. The Bertz CT molecular complexity index is 885. The van der Waals surface area contributed by atoms with Crippen molar-refractivity contribution in [1.82, 2.24) is 14.9 Å². The van der Waals surface area contributed by atoms with E-state index in [9.17, 15) is 4.79 Å². The van der Waals surface area contributed by atoms with Crippen LogP contribution in [0.3, 0.4) is 0 Å². The summed E-state index contributed by atoms with van der Waals surface area (Å²) in [6.07, 6.45) is 0.777. The van der Waals surface area contributed by atoms with Gasteiger partial charge in [-0.25, -0.2) is 4.98 Å². The number of furan rings is 1. The summed E-state index contributed by atoms with van der Waals surface area (Å²) < 4.78 is 6.27. The van der Waals surface area contributed by atoms with Crippen molar-refractivity contribution in [2.45, 2.75) is 19.5 Å². The second-order valence-corrected chi connectivity index (χ2v) is 7.21. The van der Waals surface area contributed by atoms with Crippen molar-refractivity contribution in [3.8, 4) is 10.7 Å². The zero-order valence-corrected chi connectivity index (χ0v) is 14.6. The van der Waals surface area contributed by atoms with Crippen LogP contribution in [0.15, 0.2) is 43.5 Å². The molecule has 0 unspecified atom stereocenters. The smallest absolute Gasteiger partial charge is 0.255 e. The highest BCUT2D eigenvalue weighted by atomic mass is 79.9. The van der Waals surface area contributed by atoms with E-state index in [1.54, 1.807) is 11.3 Å². The molecule has 0 bridgehead atoms. The Kier molecular flexibility index (Phi) is 3.92. The summed E-state index contributed by atoms with van der Waals surface area (Å²) in [6.45, 7) is 2.16. The van der Waals surface area contributed by atoms with Crippen LogP contribution in [0.25, 0.3) is 10.7 Å². The molecule has 3 aromatic heterocycles. The first-order chi connectivity index (χ1) is 11.2. The van der Waals surface area contributed by atoms with E-state index >= 15 is 0 Å². The number of hydrogen-bond acceptors (Lipinski definition) is 5. The van der Waals surface area contributed by atoms with Crippen molar-refractivity contribution in [2.75, 3.05) is 6.54 Å². The average molecular weight is 392 g/mol. The van der Waals surface area contributed by atoms with E-state index in [0.717, 1.165) is 39.5 Å². The number of thiophene rings is 1. The van der Waals surface area contributed by atoms with Gasteiger partial charge in [-0.15, -0.1) is 11.3 Å². The molecule has 1 N–H and O–H groups in total. The first-order valence-corrected chi connectivity index (χ1v) is 8.99. The summed E-state index contributed by atoms with van der Waals surface area (Å²) in [7, 11) is 0. The summed E-state index contributed by atoms with van der Waals surface area (Å²) in [6, 6.07) is 7.76. The van der Waals surface area contributed by atoms with Gasteiger partial charge in [0.1, 0.15) is 5.76 Å². The van der Waals surface area contributed by atoms with Crippen molar-refractivity contribution in [1.29, 1.82) is 0 Å². The van der Waals surface area contributed by atoms with Crippen molar-refractivity contribution in [3.05, 3.63) is 61.7 Å². The average Bonchev–Trinajstić information content (AvgIpc) is 3.20. The molecule has 5 nitrogen and oxygen atoms in total. The molecule has 7 heteroatoms. The van der Waals surface area contributed by atoms with Crippen molar-refractivity contribution in [3.63, 3.8) is 0 Å². The van der Waals surface area contributed by atoms with Crippen LogP contribution in [0.5, 0.6) is 0 Å². The number of hydrogen-bond donors (Lipinski definition) is 1. The maximum atomic E-state index is 12.4. The molecule has 0 saturated carbocycles. The number of aromatic nitrogens is 2. The van der Waals surface area contributed by atoms with E-state index in [2.05, 4.69) is 30.8 Å². The molecule has 0 aromatic carbocycles. The molecule has 0 atom stereocenters. The van der Waals surface area contributed by atoms with Crippen LogP contribution in [0.2, 0.25) is 0 Å². The van der Waals surface area contributed by atoms with E-state index in [-0.39, 0.29) is 5.56 Å². The number of fused-ring (bicyclic) bond motifs is 1. The molecule has 4 rings (SSSR count). The highest BCUT2D eigenvalue weighted by Gasteiger charge is 2.22. The monoisotopic (exact) mass is 391 g/mol. The Balaban J connectivity index is 1.59. The Labute approximate surface area is 145 Å². The minimum Gasteiger partial charge on any atom is -0.453 e. The van der Waals surface area contributed by atoms with Crippen LogP contribution >= 0.6 is 27.3 Å². The van der Waals surface area contributed by atoms with Gasteiger partial charge < -0.3 is 9.40 Å². The van der Waals surface area contributed by atoms with Crippen LogP contribution in [-0.4, -0.2) is 21.4 Å². The number of H-pyrrole nitrogens is 1. The minimum absolute atomic E-state index is 0.0382. The SMILES string of the molecule is O=c1[nH]c(-c2cccs2)nc2c1CN(Cc1ccc(Br)o1)CC2. The topological polar surface area (TPSA) is 62.1 Å². The van der Waals surface area contributed by atoms with Crippen LogP contribution in [0, 0.1) is 0 Å². The van der Waals surface area contributed by atoms with Gasteiger partial charge in [0.25, 0.3) is 5.56 Å². The van der Waals surface area contributed by atoms with Crippen LogP contribution in [0.1, 0.15) is 17.0 Å². The Morgan fingerprint density at radius 2 is 2.30 bits per heavy atom. The lowest BCUT2D eigenvalue weighted by Gasteiger charge is -2.26. The van der Waals surface area contributed by atoms with Crippen molar-refractivity contribution in [2.24, 2.45) is 0 Å². The molecular weight excluding hydrogens is 378 g/mol. The third kappa shape index (κ3) is 3.04. The van der Waals surface area contributed by atoms with Crippen molar-refractivity contribution < 1.29 is 4.42 Å². The molecule has 1 aliphatic rings. The van der Waals surface area contributed by atoms with Gasteiger partial charge in [-0.1, -0.05) is 6.07 Å². The normalized spacial score (nSPS) is 14.8. The fourth-order valence-corrected chi connectivity index (χ4v) is 3.81. The Morgan fingerprint density at radius 1 is 1.39 bits per heavy atom. The second-order valence-electron chi connectivity index (χ2n) is 5.48. The quantitative estimate of drug-likeness (QED) is 0.742. The summed E-state index contributed by atoms with van der Waals surface area (Å²) in [5.41, 5.74) is 1.64. The fourth-order valence-electron chi connectivity index (χ4n) is 2.80. The third-order valence-electron chi connectivity index (χ3n) is 3.91. The minimum atomic E-state index is -0.0382. The molecule has 3 aromatic rings. The molecule has 0 radical (unpaired) electrons. The fraction of sp³-hybridized carbons (Fsp3) is 0.250. The highest BCUT2D eigenvalue weighted by molar-refractivity contribution is 9.10. The zero-order chi connectivity index (χ0) is 15.8. The number of halogens is 1. The second kappa shape index (κ2) is 6.07. The summed E-state index contributed by atoms with van der Waals surface area (Å²) >= 11 is 4.89. The molecule has 4 heterocycles. The molecule has 0 fully saturated rings. The van der Waals surface area contributed by atoms with Crippen LogP contribution < -0.4 is 5.56 Å². The summed E-state index contributed by atoms with van der Waals surface area (Å²) in [5, 5.41) is 1.98. The van der Waals surface area contributed by atoms with Gasteiger partial charge in [0, 0.05) is 19.5 Å². The molecule has 118 valence electrons. The van der Waals surface area contributed by atoms with E-state index in [1.807, 2.05) is 29.6 Å². The molecule has 0 saturated heterocycles. The van der Waals surface area contributed by atoms with Crippen LogP contribution in [0.4, 0.5) is 0 Å². The maximum absolute atomic E-state index is 12.4. The molecule has 0 spiro atoms. The predicted molar refractivity (Wildman–Crippen MR) is 92.4 cm³/mol. The van der Waals surface area contributed by atoms with Gasteiger partial charge in [-0.3, -0.25) is 9.69 Å². The summed E-state index contributed by atoms with van der Waals surface area (Å²) in [5.74, 6) is 1.56. The number of nitrogens with one attached hydrogen (secondary N) is 1. The zero-order valence-electron chi connectivity index (χ0n) is 12.2. The molecule has 1 aliphatic heterocycles. The number of rotatable bonds is 3.